The number of Topliss-reactive ketones (excluding diaryl/α,β-unsaturated/α-hetero) is 1. The summed E-state index contributed by atoms with van der Waals surface area (Å²) >= 11 is 0. The van der Waals surface area contributed by atoms with Crippen LogP contribution >= 0.6 is 0 Å². The van der Waals surface area contributed by atoms with Crippen molar-refractivity contribution in [2.24, 2.45) is 40.1 Å². The molecule has 1 saturated carbocycles. The molecule has 3 N–H and O–H groups in total. The van der Waals surface area contributed by atoms with E-state index < -0.39 is 11.3 Å². The number of nitrogens with one attached hydrogen (secondary N) is 2. The van der Waals surface area contributed by atoms with Gasteiger partial charge in [0.05, 0.1) is 25.5 Å². The molecule has 6 atom stereocenters. The first-order valence-corrected chi connectivity index (χ1v) is 13.4. The minimum atomic E-state index is -1.59. The molecule has 0 radical (unpaired) electrons. The van der Waals surface area contributed by atoms with Gasteiger partial charge in [-0.2, -0.15) is 5.10 Å². The highest BCUT2D eigenvalue weighted by Crippen LogP contribution is 2.51. The SMILES string of the molecule is C/C=C/[C@@H]1[C@H]2C[C@@H](C)CC[C@@H]2C(C)=C[C@H]1/C1=N/NCCOCC12C(=O)NC=C(c1ccc(O)cc1)C2=O. The molecule has 1 fully saturated rings. The lowest BCUT2D eigenvalue weighted by atomic mass is 9.56. The number of hydrazone groups is 1. The second-order valence-corrected chi connectivity index (χ2v) is 11.0. The van der Waals surface area contributed by atoms with Crippen molar-refractivity contribution in [3.63, 3.8) is 0 Å². The molecule has 196 valence electrons. The third-order valence-electron chi connectivity index (χ3n) is 8.69. The molecule has 37 heavy (non-hydrogen) atoms. The van der Waals surface area contributed by atoms with Crippen molar-refractivity contribution in [2.45, 2.75) is 40.0 Å². The number of carbonyl (C=O) groups is 2. The van der Waals surface area contributed by atoms with Gasteiger partial charge in [-0.15, -0.1) is 0 Å². The second kappa shape index (κ2) is 10.3. The first-order valence-electron chi connectivity index (χ1n) is 13.4. The summed E-state index contributed by atoms with van der Waals surface area (Å²) in [4.78, 5) is 28.1. The van der Waals surface area contributed by atoms with Gasteiger partial charge < -0.3 is 20.6 Å². The van der Waals surface area contributed by atoms with Crippen LogP contribution in [0.2, 0.25) is 0 Å². The highest BCUT2D eigenvalue weighted by atomic mass is 16.5. The first-order chi connectivity index (χ1) is 17.9. The molecule has 1 unspecified atom stereocenters. The van der Waals surface area contributed by atoms with Crippen LogP contribution in [0, 0.1) is 35.0 Å². The number of allylic oxidation sites excluding steroid dienone is 5. The zero-order valence-electron chi connectivity index (χ0n) is 21.9. The number of rotatable bonds is 3. The van der Waals surface area contributed by atoms with E-state index in [9.17, 15) is 14.7 Å². The second-order valence-electron chi connectivity index (χ2n) is 11.0. The number of benzene rings is 1. The molecule has 0 bridgehead atoms. The van der Waals surface area contributed by atoms with E-state index in [1.54, 1.807) is 12.1 Å². The number of amides is 1. The van der Waals surface area contributed by atoms with E-state index in [1.165, 1.54) is 36.7 Å². The van der Waals surface area contributed by atoms with E-state index in [0.29, 0.717) is 47.8 Å². The van der Waals surface area contributed by atoms with E-state index in [0.717, 1.165) is 6.42 Å². The lowest BCUT2D eigenvalue weighted by Gasteiger charge is -2.48. The number of ether oxygens (including phenoxy) is 1. The van der Waals surface area contributed by atoms with Gasteiger partial charge in [0.1, 0.15) is 5.75 Å². The van der Waals surface area contributed by atoms with Gasteiger partial charge in [0.2, 0.25) is 5.91 Å². The fourth-order valence-electron chi connectivity index (χ4n) is 6.84. The van der Waals surface area contributed by atoms with E-state index in [1.807, 2.05) is 6.92 Å². The van der Waals surface area contributed by atoms with Crippen LogP contribution in [0.25, 0.3) is 5.57 Å². The average molecular weight is 504 g/mol. The molecule has 4 aliphatic rings. The molecule has 5 rings (SSSR count). The molecule has 7 nitrogen and oxygen atoms in total. The predicted molar refractivity (Wildman–Crippen MR) is 143 cm³/mol. The molecule has 1 aromatic rings. The van der Waals surface area contributed by atoms with Crippen LogP contribution in [0.1, 0.15) is 45.6 Å². The number of fused-ring (bicyclic) bond motifs is 1. The Balaban J connectivity index is 1.64. The Kier molecular flexibility index (Phi) is 7.08. The predicted octanol–water partition coefficient (Wildman–Crippen LogP) is 4.22. The van der Waals surface area contributed by atoms with Gasteiger partial charge in [0, 0.05) is 17.7 Å². The summed E-state index contributed by atoms with van der Waals surface area (Å²) in [5, 5.41) is 17.4. The van der Waals surface area contributed by atoms with Crippen LogP contribution in [0.15, 0.2) is 59.4 Å². The number of carbonyl (C=O) groups excluding carboxylic acids is 2. The maximum atomic E-state index is 14.4. The zero-order valence-corrected chi connectivity index (χ0v) is 21.9. The molecule has 1 spiro atoms. The first kappa shape index (κ1) is 25.5. The summed E-state index contributed by atoms with van der Waals surface area (Å²) in [5.41, 5.74) is 4.34. The maximum absolute atomic E-state index is 14.4. The number of aromatic hydroxyl groups is 1. The molecule has 2 aliphatic carbocycles. The van der Waals surface area contributed by atoms with Gasteiger partial charge >= 0.3 is 0 Å². The van der Waals surface area contributed by atoms with Crippen LogP contribution in [-0.2, 0) is 14.3 Å². The summed E-state index contributed by atoms with van der Waals surface area (Å²) in [6, 6.07) is 6.45. The number of phenolic OH excluding ortho intramolecular Hbond substituents is 1. The zero-order chi connectivity index (χ0) is 26.2. The van der Waals surface area contributed by atoms with Gasteiger partial charge in [-0.05, 0) is 68.1 Å². The average Bonchev–Trinajstić information content (AvgIpc) is 2.86. The molecule has 0 saturated heterocycles. The van der Waals surface area contributed by atoms with E-state index in [4.69, 9.17) is 9.84 Å². The highest BCUT2D eigenvalue weighted by Gasteiger charge is 2.57. The number of hydrogen-bond donors (Lipinski definition) is 3. The summed E-state index contributed by atoms with van der Waals surface area (Å²) in [6.07, 6.45) is 11.6. The summed E-state index contributed by atoms with van der Waals surface area (Å²) in [5.74, 6) is 0.855. The Labute approximate surface area is 218 Å². The molecular weight excluding hydrogens is 466 g/mol. The largest absolute Gasteiger partial charge is 0.508 e. The Morgan fingerprint density at radius 3 is 2.73 bits per heavy atom. The van der Waals surface area contributed by atoms with Crippen molar-refractivity contribution >= 4 is 23.0 Å². The van der Waals surface area contributed by atoms with Gasteiger partial charge in [0.25, 0.3) is 0 Å². The van der Waals surface area contributed by atoms with E-state index >= 15 is 0 Å². The number of hydrogen-bond acceptors (Lipinski definition) is 6. The van der Waals surface area contributed by atoms with Crippen LogP contribution in [0.3, 0.4) is 0 Å². The molecular formula is C30H37N3O4. The maximum Gasteiger partial charge on any atom is 0.246 e. The smallest absolute Gasteiger partial charge is 0.246 e. The van der Waals surface area contributed by atoms with Gasteiger partial charge in [-0.1, -0.05) is 49.3 Å². The van der Waals surface area contributed by atoms with Gasteiger partial charge in [0.15, 0.2) is 11.2 Å². The summed E-state index contributed by atoms with van der Waals surface area (Å²) in [7, 11) is 0. The Hall–Kier alpha value is -3.19. The lowest BCUT2D eigenvalue weighted by molar-refractivity contribution is -0.138. The highest BCUT2D eigenvalue weighted by molar-refractivity contribution is 6.41. The normalized spacial score (nSPS) is 35.9. The van der Waals surface area contributed by atoms with Crippen LogP contribution in [0.5, 0.6) is 5.75 Å². The quantitative estimate of drug-likeness (QED) is 0.424. The topological polar surface area (TPSA) is 100 Å². The standard InChI is InChI=1S/C30H37N3O4/c1-4-5-23-24-14-18(2)6-11-22(24)19(3)15-25(23)27-30(17-37-13-12-32-33-27)28(35)26(16-31-29(30)36)20-7-9-21(34)10-8-20/h4-5,7-10,15-16,18,22-25,32,34H,6,11-14,17H2,1-3H3,(H,31,36)/b5-4+,33-27-/t18-,22+,23+,24-,25+,30?/m0/s1. The van der Waals surface area contributed by atoms with Crippen LogP contribution < -0.4 is 10.7 Å². The molecule has 2 heterocycles. The monoisotopic (exact) mass is 503 g/mol. The summed E-state index contributed by atoms with van der Waals surface area (Å²) in [6.45, 7) is 7.33. The van der Waals surface area contributed by atoms with Crippen molar-refractivity contribution < 1.29 is 19.4 Å². The number of ketones is 1. The van der Waals surface area contributed by atoms with Crippen molar-refractivity contribution in [1.29, 1.82) is 0 Å². The van der Waals surface area contributed by atoms with Crippen molar-refractivity contribution in [3.05, 3.63) is 59.8 Å². The minimum Gasteiger partial charge on any atom is -0.508 e. The fraction of sp³-hybridized carbons (Fsp3) is 0.500. The Morgan fingerprint density at radius 1 is 1.19 bits per heavy atom. The van der Waals surface area contributed by atoms with Crippen LogP contribution in [-0.4, -0.2) is 42.3 Å². The molecule has 2 aliphatic heterocycles. The molecule has 1 amide bonds. The number of phenols is 1. The van der Waals surface area contributed by atoms with Gasteiger partial charge in [-0.25, -0.2) is 0 Å². The van der Waals surface area contributed by atoms with Crippen molar-refractivity contribution in [3.8, 4) is 5.75 Å². The van der Waals surface area contributed by atoms with Crippen molar-refractivity contribution in [1.82, 2.24) is 10.7 Å². The minimum absolute atomic E-state index is 0.0654. The van der Waals surface area contributed by atoms with Crippen LogP contribution in [0.4, 0.5) is 0 Å². The van der Waals surface area contributed by atoms with E-state index in [2.05, 4.69) is 42.8 Å². The molecule has 0 aromatic heterocycles. The fourth-order valence-corrected chi connectivity index (χ4v) is 6.84. The number of nitrogens with zero attached hydrogens (tertiary/aromatic N) is 1. The lowest BCUT2D eigenvalue weighted by Crippen LogP contribution is -2.60. The molecule has 7 heteroatoms. The van der Waals surface area contributed by atoms with E-state index in [-0.39, 0.29) is 30.0 Å². The third kappa shape index (κ3) is 4.43. The van der Waals surface area contributed by atoms with Gasteiger partial charge in [-0.3, -0.25) is 9.59 Å². The third-order valence-corrected chi connectivity index (χ3v) is 8.69. The molecule has 1 aromatic carbocycles. The summed E-state index contributed by atoms with van der Waals surface area (Å²) < 4.78 is 5.95. The Bertz CT molecular complexity index is 1180. The Morgan fingerprint density at radius 2 is 1.97 bits per heavy atom. The van der Waals surface area contributed by atoms with Crippen molar-refractivity contribution in [2.75, 3.05) is 19.8 Å².